The van der Waals surface area contributed by atoms with Crippen molar-refractivity contribution >= 4 is 11.8 Å². The number of hydrogen-bond donors (Lipinski definition) is 0. The molecule has 3 heteroatoms. The zero-order valence-electron chi connectivity index (χ0n) is 6.35. The van der Waals surface area contributed by atoms with Gasteiger partial charge in [0, 0.05) is 12.8 Å². The minimum Gasteiger partial charge on any atom is -0.469 e. The molecule has 0 fully saturated rings. The largest absolute Gasteiger partial charge is 0.469 e. The van der Waals surface area contributed by atoms with Crippen molar-refractivity contribution in [2.45, 2.75) is 26.2 Å². The molecule has 0 saturated heterocycles. The Morgan fingerprint density at radius 3 is 2.30 bits per heavy atom. The summed E-state index contributed by atoms with van der Waals surface area (Å²) in [4.78, 5) is 21.1. The van der Waals surface area contributed by atoms with E-state index in [1.54, 1.807) is 6.92 Å². The van der Waals surface area contributed by atoms with Crippen molar-refractivity contribution in [3.63, 3.8) is 0 Å². The Morgan fingerprint density at radius 1 is 1.30 bits per heavy atom. The number of esters is 1. The number of rotatable bonds is 4. The Morgan fingerprint density at radius 2 is 1.90 bits per heavy atom. The molecule has 0 unspecified atom stereocenters. The molecule has 0 bridgehead atoms. The van der Waals surface area contributed by atoms with Gasteiger partial charge in [0.15, 0.2) is 0 Å². The Balaban J connectivity index is 3.35. The van der Waals surface area contributed by atoms with Crippen molar-refractivity contribution in [2.75, 3.05) is 7.11 Å². The highest BCUT2D eigenvalue weighted by Crippen LogP contribution is 1.95. The molecule has 0 aromatic rings. The molecule has 0 radical (unpaired) electrons. The van der Waals surface area contributed by atoms with E-state index < -0.39 is 0 Å². The van der Waals surface area contributed by atoms with Crippen LogP contribution in [-0.2, 0) is 14.3 Å². The minimum absolute atomic E-state index is 0.102. The van der Waals surface area contributed by atoms with E-state index in [4.69, 9.17) is 0 Å². The number of ether oxygens (including phenoxy) is 1. The monoisotopic (exact) mass is 144 g/mol. The molecule has 0 saturated carbocycles. The second-order valence-electron chi connectivity index (χ2n) is 1.97. The van der Waals surface area contributed by atoms with Gasteiger partial charge in [-0.3, -0.25) is 9.59 Å². The topological polar surface area (TPSA) is 43.4 Å². The van der Waals surface area contributed by atoms with Gasteiger partial charge in [0.05, 0.1) is 13.5 Å². The molecule has 58 valence electrons. The molecule has 0 aliphatic carbocycles. The zero-order valence-corrected chi connectivity index (χ0v) is 6.35. The SMILES string of the molecule is CCC(=O)CCC(=O)OC. The summed E-state index contributed by atoms with van der Waals surface area (Å²) < 4.78 is 4.35. The second-order valence-corrected chi connectivity index (χ2v) is 1.97. The van der Waals surface area contributed by atoms with E-state index >= 15 is 0 Å². The van der Waals surface area contributed by atoms with Crippen molar-refractivity contribution in [1.29, 1.82) is 0 Å². The normalized spacial score (nSPS) is 9.00. The fraction of sp³-hybridized carbons (Fsp3) is 0.714. The van der Waals surface area contributed by atoms with E-state index in [-0.39, 0.29) is 18.2 Å². The summed E-state index contributed by atoms with van der Waals surface area (Å²) in [5.41, 5.74) is 0. The van der Waals surface area contributed by atoms with Gasteiger partial charge < -0.3 is 4.74 Å². The molecule has 10 heavy (non-hydrogen) atoms. The molecule has 0 N–H and O–H groups in total. The van der Waals surface area contributed by atoms with Crippen LogP contribution in [0.2, 0.25) is 0 Å². The van der Waals surface area contributed by atoms with Gasteiger partial charge in [-0.1, -0.05) is 6.92 Å². The third-order valence-corrected chi connectivity index (χ3v) is 1.23. The lowest BCUT2D eigenvalue weighted by Crippen LogP contribution is -2.04. The van der Waals surface area contributed by atoms with Crippen LogP contribution in [0.25, 0.3) is 0 Å². The summed E-state index contributed by atoms with van der Waals surface area (Å²) in [5.74, 6) is -0.216. The Kier molecular flexibility index (Phi) is 4.54. The molecule has 3 nitrogen and oxygen atoms in total. The first-order valence-corrected chi connectivity index (χ1v) is 3.29. The van der Waals surface area contributed by atoms with E-state index in [2.05, 4.69) is 4.74 Å². The van der Waals surface area contributed by atoms with Gasteiger partial charge in [0.2, 0.25) is 0 Å². The number of carbonyl (C=O) groups is 2. The summed E-state index contributed by atoms with van der Waals surface area (Å²) in [6.07, 6.45) is 1.02. The second kappa shape index (κ2) is 4.97. The van der Waals surface area contributed by atoms with Crippen molar-refractivity contribution in [3.8, 4) is 0 Å². The number of methoxy groups -OCH3 is 1. The third kappa shape index (κ3) is 4.06. The highest BCUT2D eigenvalue weighted by molar-refractivity contribution is 5.82. The van der Waals surface area contributed by atoms with Gasteiger partial charge in [-0.15, -0.1) is 0 Å². The molecule has 0 heterocycles. The highest BCUT2D eigenvalue weighted by Gasteiger charge is 2.03. The Bertz CT molecular complexity index is 113. The predicted octanol–water partition coefficient (Wildman–Crippen LogP) is 0.919. The molecule has 0 atom stereocenters. The summed E-state index contributed by atoms with van der Waals surface area (Å²) in [7, 11) is 1.32. The van der Waals surface area contributed by atoms with Gasteiger partial charge >= 0.3 is 5.97 Å². The van der Waals surface area contributed by atoms with E-state index in [1.165, 1.54) is 7.11 Å². The molecule has 0 rings (SSSR count). The van der Waals surface area contributed by atoms with Crippen LogP contribution in [0.1, 0.15) is 26.2 Å². The highest BCUT2D eigenvalue weighted by atomic mass is 16.5. The van der Waals surface area contributed by atoms with Crippen LogP contribution in [0.4, 0.5) is 0 Å². The van der Waals surface area contributed by atoms with Gasteiger partial charge in [-0.2, -0.15) is 0 Å². The predicted molar refractivity (Wildman–Crippen MR) is 36.5 cm³/mol. The summed E-state index contributed by atoms with van der Waals surface area (Å²) in [5, 5.41) is 0. The Hall–Kier alpha value is -0.860. The maximum Gasteiger partial charge on any atom is 0.305 e. The standard InChI is InChI=1S/C7H12O3/c1-3-6(8)4-5-7(9)10-2/h3-5H2,1-2H3. The summed E-state index contributed by atoms with van der Waals surface area (Å²) in [6, 6.07) is 0. The molecular weight excluding hydrogens is 132 g/mol. The smallest absolute Gasteiger partial charge is 0.305 e. The summed E-state index contributed by atoms with van der Waals surface area (Å²) >= 11 is 0. The fourth-order valence-electron chi connectivity index (χ4n) is 0.520. The average Bonchev–Trinajstić information content (AvgIpc) is 1.99. The Labute approximate surface area is 60.4 Å². The molecular formula is C7H12O3. The number of Topliss-reactive ketones (excluding diaryl/α,β-unsaturated/α-hetero) is 1. The van der Waals surface area contributed by atoms with Crippen molar-refractivity contribution in [3.05, 3.63) is 0 Å². The molecule has 0 amide bonds. The first-order valence-electron chi connectivity index (χ1n) is 3.29. The fourth-order valence-corrected chi connectivity index (χ4v) is 0.520. The van der Waals surface area contributed by atoms with Crippen molar-refractivity contribution in [2.24, 2.45) is 0 Å². The van der Waals surface area contributed by atoms with Crippen molar-refractivity contribution < 1.29 is 14.3 Å². The number of hydrogen-bond acceptors (Lipinski definition) is 3. The quantitative estimate of drug-likeness (QED) is 0.551. The maximum absolute atomic E-state index is 10.6. The first kappa shape index (κ1) is 9.14. The summed E-state index contributed by atoms with van der Waals surface area (Å²) in [6.45, 7) is 1.78. The molecule has 0 aromatic heterocycles. The lowest BCUT2D eigenvalue weighted by molar-refractivity contribution is -0.141. The maximum atomic E-state index is 10.6. The molecule has 0 aliphatic heterocycles. The van der Waals surface area contributed by atoms with Crippen LogP contribution >= 0.6 is 0 Å². The molecule has 0 aliphatic rings. The molecule has 0 aromatic carbocycles. The van der Waals surface area contributed by atoms with E-state index in [9.17, 15) is 9.59 Å². The lowest BCUT2D eigenvalue weighted by Gasteiger charge is -1.95. The van der Waals surface area contributed by atoms with Crippen LogP contribution in [0.15, 0.2) is 0 Å². The van der Waals surface area contributed by atoms with Crippen LogP contribution in [-0.4, -0.2) is 18.9 Å². The van der Waals surface area contributed by atoms with Crippen molar-refractivity contribution in [1.82, 2.24) is 0 Å². The third-order valence-electron chi connectivity index (χ3n) is 1.23. The number of ketones is 1. The molecule has 0 spiro atoms. The van der Waals surface area contributed by atoms with Gasteiger partial charge in [0.25, 0.3) is 0 Å². The minimum atomic E-state index is -0.318. The van der Waals surface area contributed by atoms with Gasteiger partial charge in [-0.05, 0) is 0 Å². The van der Waals surface area contributed by atoms with E-state index in [0.29, 0.717) is 12.8 Å². The van der Waals surface area contributed by atoms with Gasteiger partial charge in [0.1, 0.15) is 5.78 Å². The first-order chi connectivity index (χ1) is 4.70. The van der Waals surface area contributed by atoms with E-state index in [0.717, 1.165) is 0 Å². The van der Waals surface area contributed by atoms with Crippen LogP contribution in [0.5, 0.6) is 0 Å². The lowest BCUT2D eigenvalue weighted by atomic mass is 10.2. The van der Waals surface area contributed by atoms with Crippen LogP contribution in [0.3, 0.4) is 0 Å². The number of carbonyl (C=O) groups excluding carboxylic acids is 2. The van der Waals surface area contributed by atoms with Crippen LogP contribution in [0, 0.1) is 0 Å². The van der Waals surface area contributed by atoms with E-state index in [1.807, 2.05) is 0 Å². The average molecular weight is 144 g/mol. The van der Waals surface area contributed by atoms with Crippen LogP contribution < -0.4 is 0 Å². The zero-order chi connectivity index (χ0) is 7.98. The van der Waals surface area contributed by atoms with Gasteiger partial charge in [-0.25, -0.2) is 0 Å².